The number of quaternary nitrogens is 2. The molecule has 0 saturated carbocycles. The highest BCUT2D eigenvalue weighted by Gasteiger charge is 1.94. The van der Waals surface area contributed by atoms with Crippen LogP contribution in [-0.2, 0) is 9.12 Å². The predicted octanol–water partition coefficient (Wildman–Crippen LogP) is -2.52. The van der Waals surface area contributed by atoms with Crippen LogP contribution in [0.4, 0.5) is 0 Å². The molecule has 0 aromatic rings. The highest BCUT2D eigenvalue weighted by Crippen LogP contribution is 1.92. The van der Waals surface area contributed by atoms with Gasteiger partial charge in [-0.05, 0) is 0 Å². The molecule has 2 N–H and O–H groups in total. The summed E-state index contributed by atoms with van der Waals surface area (Å²) in [7, 11) is 2.56. The maximum atomic E-state index is 10.1. The normalized spacial score (nSPS) is 16.8. The van der Waals surface area contributed by atoms with E-state index in [1.165, 1.54) is 14.1 Å². The first kappa shape index (κ1) is 10.1. The van der Waals surface area contributed by atoms with E-state index in [0.717, 1.165) is 12.0 Å². The first-order valence-corrected chi connectivity index (χ1v) is 3.47. The van der Waals surface area contributed by atoms with E-state index in [9.17, 15) is 10.4 Å². The number of hydrogen-bond donors (Lipinski definition) is 2. The van der Waals surface area contributed by atoms with Gasteiger partial charge < -0.3 is 10.4 Å². The number of rotatable bonds is 5. The average Bonchev–Trinajstić information content (AvgIpc) is 1.79. The predicted molar refractivity (Wildman–Crippen MR) is 35.1 cm³/mol. The second kappa shape index (κ2) is 5.86. The van der Waals surface area contributed by atoms with Crippen molar-refractivity contribution >= 4 is 12.0 Å². The van der Waals surface area contributed by atoms with Gasteiger partial charge in [0, 0.05) is 0 Å². The minimum absolute atomic E-state index is 0.0505. The van der Waals surface area contributed by atoms with E-state index in [2.05, 4.69) is 9.12 Å². The molecule has 0 fully saturated rings. The van der Waals surface area contributed by atoms with Crippen molar-refractivity contribution < 1.29 is 19.6 Å². The zero-order chi connectivity index (χ0) is 7.98. The zero-order valence-corrected chi connectivity index (χ0v) is 6.56. The second-order valence-corrected chi connectivity index (χ2v) is 2.08. The summed E-state index contributed by atoms with van der Waals surface area (Å²) < 4.78 is 4.39. The Labute approximate surface area is 63.0 Å². The molecular weight excluding hydrogens is 160 g/mol. The van der Waals surface area contributed by atoms with Gasteiger partial charge in [-0.25, -0.2) is 10.5 Å². The van der Waals surface area contributed by atoms with E-state index < -0.39 is 5.23 Å². The molecule has 0 aromatic carbocycles. The van der Waals surface area contributed by atoms with Crippen LogP contribution in [0.1, 0.15) is 0 Å². The Hall–Kier alpha value is 0.110. The first-order chi connectivity index (χ1) is 4.63. The number of nitrogens with one attached hydrogen (secondary N) is 2. The summed E-state index contributed by atoms with van der Waals surface area (Å²) in [5.41, 5.74) is 0. The van der Waals surface area contributed by atoms with Crippen molar-refractivity contribution in [3.05, 3.63) is 10.4 Å². The molecule has 0 aromatic heterocycles. The van der Waals surface area contributed by atoms with Crippen LogP contribution >= 0.6 is 12.0 Å². The monoisotopic (exact) mass is 170 g/mol. The van der Waals surface area contributed by atoms with Crippen molar-refractivity contribution in [2.75, 3.05) is 20.0 Å². The van der Waals surface area contributed by atoms with Gasteiger partial charge >= 0.3 is 0 Å². The lowest BCUT2D eigenvalue weighted by Gasteiger charge is -2.14. The third-order valence-corrected chi connectivity index (χ3v) is 1.05. The Morgan fingerprint density at radius 2 is 1.90 bits per heavy atom. The summed E-state index contributed by atoms with van der Waals surface area (Å²) in [4.78, 5) is 4.44. The molecule has 0 radical (unpaired) electrons. The van der Waals surface area contributed by atoms with Crippen molar-refractivity contribution in [3.8, 4) is 0 Å². The number of hydrogen-bond acceptors (Lipinski definition) is 5. The Balaban J connectivity index is 2.91. The van der Waals surface area contributed by atoms with Crippen molar-refractivity contribution in [1.29, 1.82) is 0 Å². The van der Waals surface area contributed by atoms with E-state index in [0.29, 0.717) is 0 Å². The largest absolute Gasteiger partial charge is 0.600 e. The summed E-state index contributed by atoms with van der Waals surface area (Å²) >= 11 is 0.797. The molecule has 62 valence electrons. The van der Waals surface area contributed by atoms with Crippen LogP contribution in [0, 0.1) is 10.4 Å². The molecule has 0 amide bonds. The lowest BCUT2D eigenvalue weighted by Crippen LogP contribution is -3.03. The molecule has 10 heavy (non-hydrogen) atoms. The van der Waals surface area contributed by atoms with Crippen molar-refractivity contribution in [3.63, 3.8) is 0 Å². The number of hydroxylamine groups is 4. The molecule has 0 aliphatic carbocycles. The molecule has 0 aliphatic rings. The smallest absolute Gasteiger partial charge is 0.183 e. The second-order valence-electron chi connectivity index (χ2n) is 1.45. The molecule has 0 bridgehead atoms. The zero-order valence-electron chi connectivity index (χ0n) is 5.75. The van der Waals surface area contributed by atoms with E-state index in [1.54, 1.807) is 0 Å². The van der Waals surface area contributed by atoms with E-state index in [4.69, 9.17) is 0 Å². The van der Waals surface area contributed by atoms with Gasteiger partial charge in [-0.2, -0.15) is 4.84 Å². The summed E-state index contributed by atoms with van der Waals surface area (Å²) in [6.45, 7) is 0. The summed E-state index contributed by atoms with van der Waals surface area (Å²) in [6.07, 6.45) is 0. The maximum Gasteiger partial charge on any atom is 0.183 e. The van der Waals surface area contributed by atoms with Gasteiger partial charge in [0.1, 0.15) is 0 Å². The molecule has 0 rings (SSSR count). The lowest BCUT2D eigenvalue weighted by atomic mass is 11.5. The third-order valence-electron chi connectivity index (χ3n) is 0.487. The van der Waals surface area contributed by atoms with Gasteiger partial charge in [-0.1, -0.05) is 0 Å². The summed E-state index contributed by atoms with van der Waals surface area (Å²) in [5.74, 6) is 0.0505. The molecule has 0 spiro atoms. The SMILES string of the molecule is C[NH+]([O-])OCSO[NH+](C)[O-]. The van der Waals surface area contributed by atoms with Gasteiger partial charge in [0.25, 0.3) is 0 Å². The minimum atomic E-state index is -0.405. The van der Waals surface area contributed by atoms with E-state index >= 15 is 0 Å². The molecule has 2 atom stereocenters. The fraction of sp³-hybridized carbons (Fsp3) is 1.00. The minimum Gasteiger partial charge on any atom is -0.600 e. The average molecular weight is 170 g/mol. The fourth-order valence-electron chi connectivity index (χ4n) is 0.214. The van der Waals surface area contributed by atoms with Crippen LogP contribution in [0.2, 0.25) is 0 Å². The van der Waals surface area contributed by atoms with Crippen LogP contribution in [0.3, 0.4) is 0 Å². The van der Waals surface area contributed by atoms with Crippen LogP contribution in [0.15, 0.2) is 0 Å². The van der Waals surface area contributed by atoms with E-state index in [-0.39, 0.29) is 11.2 Å². The summed E-state index contributed by atoms with van der Waals surface area (Å²) in [6, 6.07) is 0. The van der Waals surface area contributed by atoms with Gasteiger partial charge in [0.15, 0.2) is 5.94 Å². The highest BCUT2D eigenvalue weighted by molar-refractivity contribution is 7.94. The third kappa shape index (κ3) is 8.11. The Morgan fingerprint density at radius 3 is 2.30 bits per heavy atom. The van der Waals surface area contributed by atoms with Gasteiger partial charge in [0.05, 0.1) is 26.1 Å². The Bertz CT molecular complexity index is 70.9. The maximum absolute atomic E-state index is 10.1. The van der Waals surface area contributed by atoms with Crippen LogP contribution in [-0.4, -0.2) is 20.0 Å². The molecule has 2 unspecified atom stereocenters. The fourth-order valence-corrected chi connectivity index (χ4v) is 0.642. The summed E-state index contributed by atoms with van der Waals surface area (Å²) in [5, 5.41) is 19.4. The van der Waals surface area contributed by atoms with Crippen LogP contribution in [0.5, 0.6) is 0 Å². The van der Waals surface area contributed by atoms with Crippen molar-refractivity contribution in [2.24, 2.45) is 0 Å². The molecule has 0 heterocycles. The van der Waals surface area contributed by atoms with Crippen molar-refractivity contribution in [2.45, 2.75) is 0 Å². The highest BCUT2D eigenvalue weighted by atomic mass is 32.2. The lowest BCUT2D eigenvalue weighted by molar-refractivity contribution is -1.03. The quantitative estimate of drug-likeness (QED) is 0.206. The van der Waals surface area contributed by atoms with Gasteiger partial charge in [-0.3, -0.25) is 0 Å². The first-order valence-electron chi connectivity index (χ1n) is 2.56. The molecular formula is C3H10N2O4S. The van der Waals surface area contributed by atoms with Gasteiger partial charge in [0.2, 0.25) is 0 Å². The van der Waals surface area contributed by atoms with Crippen LogP contribution in [0.25, 0.3) is 0 Å². The van der Waals surface area contributed by atoms with Gasteiger partial charge in [-0.15, -0.1) is 4.28 Å². The molecule has 7 heteroatoms. The Kier molecular flexibility index (Phi) is 5.93. The van der Waals surface area contributed by atoms with E-state index in [1.807, 2.05) is 0 Å². The molecule has 0 saturated heterocycles. The van der Waals surface area contributed by atoms with Crippen LogP contribution < -0.4 is 10.5 Å². The molecule has 6 nitrogen and oxygen atoms in total. The molecule has 0 aliphatic heterocycles. The topological polar surface area (TPSA) is 73.5 Å². The standard InChI is InChI=1S/C3H10N2O4S/c1-4(6)8-3-10-9-5(2)7/h4-5H,3H2,1-2H3. The Morgan fingerprint density at radius 1 is 1.30 bits per heavy atom. The van der Waals surface area contributed by atoms with Crippen molar-refractivity contribution in [1.82, 2.24) is 0 Å².